The normalized spacial score (nSPS) is 17.1. The predicted molar refractivity (Wildman–Crippen MR) is 171 cm³/mol. The number of hydrogen-bond acceptors (Lipinski definition) is 6. The van der Waals surface area contributed by atoms with Gasteiger partial charge in [0.15, 0.2) is 17.4 Å². The summed E-state index contributed by atoms with van der Waals surface area (Å²) in [5.41, 5.74) is 8.46. The molecule has 212 valence electrons. The Labute approximate surface area is 252 Å². The lowest BCUT2D eigenvalue weighted by molar-refractivity contribution is 0.197. The molecule has 0 spiro atoms. The van der Waals surface area contributed by atoms with E-state index < -0.39 is 0 Å². The van der Waals surface area contributed by atoms with Crippen LogP contribution in [0.2, 0.25) is 0 Å². The molecule has 5 aromatic carbocycles. The van der Waals surface area contributed by atoms with Gasteiger partial charge < -0.3 is 19.0 Å². The number of benzene rings is 5. The minimum absolute atomic E-state index is 0.112. The maximum Gasteiger partial charge on any atom is 0.220 e. The third kappa shape index (κ3) is 3.88. The molecule has 0 amide bonds. The SMILES string of the molecule is Cc1cc(O)c2nc(Oc3cc(C4=N[C@H]5c6ccccc6Cc6ccccc6[C@@H]5O4)cc4c3oc3ccccc34)ccc2c1. The average Bonchev–Trinajstić information content (AvgIpc) is 3.61. The van der Waals surface area contributed by atoms with Crippen molar-refractivity contribution in [3.05, 3.63) is 143 Å². The fourth-order valence-electron chi connectivity index (χ4n) is 6.69. The maximum absolute atomic E-state index is 10.6. The number of fused-ring (bicyclic) bond motifs is 9. The molecule has 9 rings (SSSR count). The Morgan fingerprint density at radius 2 is 1.57 bits per heavy atom. The number of phenolic OH excluding ortho intramolecular Hbond substituents is 1. The van der Waals surface area contributed by atoms with Crippen molar-refractivity contribution in [1.82, 2.24) is 4.98 Å². The van der Waals surface area contributed by atoms with Crippen LogP contribution in [0.3, 0.4) is 0 Å². The van der Waals surface area contributed by atoms with Gasteiger partial charge in [0.05, 0.1) is 0 Å². The van der Waals surface area contributed by atoms with Crippen molar-refractivity contribution in [3.63, 3.8) is 0 Å². The highest BCUT2D eigenvalue weighted by Crippen LogP contribution is 2.47. The molecule has 2 aromatic heterocycles. The van der Waals surface area contributed by atoms with Gasteiger partial charge in [-0.15, -0.1) is 0 Å². The summed E-state index contributed by atoms with van der Waals surface area (Å²) in [4.78, 5) is 9.86. The Morgan fingerprint density at radius 1 is 0.795 bits per heavy atom. The van der Waals surface area contributed by atoms with E-state index in [0.29, 0.717) is 28.6 Å². The van der Waals surface area contributed by atoms with Crippen molar-refractivity contribution in [1.29, 1.82) is 0 Å². The Bertz CT molecular complexity index is 2320. The van der Waals surface area contributed by atoms with Crippen molar-refractivity contribution < 1.29 is 19.0 Å². The molecule has 0 saturated carbocycles. The average molecular weight is 575 g/mol. The molecule has 7 aromatic rings. The number of rotatable bonds is 3. The molecule has 0 bridgehead atoms. The lowest BCUT2D eigenvalue weighted by Crippen LogP contribution is -2.09. The minimum Gasteiger partial charge on any atom is -0.506 e. The molecule has 2 aliphatic rings. The van der Waals surface area contributed by atoms with E-state index in [9.17, 15) is 5.11 Å². The van der Waals surface area contributed by atoms with Crippen molar-refractivity contribution in [2.75, 3.05) is 0 Å². The number of aromatic nitrogens is 1. The molecule has 6 nitrogen and oxygen atoms in total. The van der Waals surface area contributed by atoms with Crippen LogP contribution in [-0.2, 0) is 11.2 Å². The lowest BCUT2D eigenvalue weighted by atomic mass is 9.97. The molecule has 6 heteroatoms. The van der Waals surface area contributed by atoms with E-state index in [2.05, 4.69) is 59.6 Å². The molecule has 44 heavy (non-hydrogen) atoms. The molecule has 0 fully saturated rings. The van der Waals surface area contributed by atoms with Crippen LogP contribution in [0.4, 0.5) is 0 Å². The van der Waals surface area contributed by atoms with Gasteiger partial charge in [-0.3, -0.25) is 0 Å². The number of furan rings is 1. The molecule has 1 N–H and O–H groups in total. The first-order chi connectivity index (χ1) is 21.6. The Balaban J connectivity index is 1.20. The number of hydrogen-bond donors (Lipinski definition) is 1. The zero-order chi connectivity index (χ0) is 29.4. The van der Waals surface area contributed by atoms with Gasteiger partial charge in [-0.2, -0.15) is 0 Å². The summed E-state index contributed by atoms with van der Waals surface area (Å²) in [6.07, 6.45) is 0.617. The van der Waals surface area contributed by atoms with E-state index in [4.69, 9.17) is 18.9 Å². The number of aryl methyl sites for hydroxylation is 1. The van der Waals surface area contributed by atoms with Gasteiger partial charge >= 0.3 is 0 Å². The van der Waals surface area contributed by atoms with Crippen molar-refractivity contribution >= 4 is 38.7 Å². The van der Waals surface area contributed by atoms with Crippen molar-refractivity contribution in [2.24, 2.45) is 4.99 Å². The van der Waals surface area contributed by atoms with Crippen LogP contribution in [0.5, 0.6) is 17.4 Å². The number of pyridine rings is 1. The second-order valence-electron chi connectivity index (χ2n) is 11.5. The molecular formula is C38H26N2O4. The van der Waals surface area contributed by atoms with Gasteiger partial charge in [0.25, 0.3) is 0 Å². The quantitative estimate of drug-likeness (QED) is 0.228. The van der Waals surface area contributed by atoms with Crippen LogP contribution in [0, 0.1) is 6.92 Å². The second-order valence-corrected chi connectivity index (χ2v) is 11.5. The summed E-state index contributed by atoms with van der Waals surface area (Å²) in [6, 6.07) is 36.1. The van der Waals surface area contributed by atoms with E-state index in [0.717, 1.165) is 44.9 Å². The predicted octanol–water partition coefficient (Wildman–Crippen LogP) is 9.10. The summed E-state index contributed by atoms with van der Waals surface area (Å²) < 4.78 is 19.5. The number of ether oxygens (including phenoxy) is 2. The number of aliphatic imine (C=N–C) groups is 1. The maximum atomic E-state index is 10.6. The summed E-state index contributed by atoms with van der Waals surface area (Å²) in [5, 5.41) is 13.3. The first kappa shape index (κ1) is 24.9. The summed E-state index contributed by atoms with van der Waals surface area (Å²) in [7, 11) is 0. The van der Waals surface area contributed by atoms with E-state index in [1.54, 1.807) is 12.1 Å². The highest BCUT2D eigenvalue weighted by molar-refractivity contribution is 6.10. The van der Waals surface area contributed by atoms with Crippen molar-refractivity contribution in [3.8, 4) is 17.4 Å². The van der Waals surface area contributed by atoms with Crippen LogP contribution in [0.25, 0.3) is 32.8 Å². The zero-order valence-electron chi connectivity index (χ0n) is 23.8. The largest absolute Gasteiger partial charge is 0.506 e. The van der Waals surface area contributed by atoms with Gasteiger partial charge in [0.2, 0.25) is 11.8 Å². The first-order valence-corrected chi connectivity index (χ1v) is 14.7. The van der Waals surface area contributed by atoms with Crippen LogP contribution in [0.1, 0.15) is 45.5 Å². The highest BCUT2D eigenvalue weighted by atomic mass is 16.5. The number of aromatic hydroxyl groups is 1. The fraction of sp³-hybridized carbons (Fsp3) is 0.105. The van der Waals surface area contributed by atoms with Crippen molar-refractivity contribution in [2.45, 2.75) is 25.5 Å². The molecule has 3 heterocycles. The summed E-state index contributed by atoms with van der Waals surface area (Å²) in [6.45, 7) is 1.94. The molecular weight excluding hydrogens is 548 g/mol. The highest BCUT2D eigenvalue weighted by Gasteiger charge is 2.38. The van der Waals surface area contributed by atoms with Crippen LogP contribution >= 0.6 is 0 Å². The molecule has 2 atom stereocenters. The second kappa shape index (κ2) is 9.44. The van der Waals surface area contributed by atoms with Crippen LogP contribution in [0.15, 0.2) is 119 Å². The molecule has 1 aliphatic carbocycles. The molecule has 0 saturated heterocycles. The van der Waals surface area contributed by atoms with E-state index in [-0.39, 0.29) is 17.9 Å². The van der Waals surface area contributed by atoms with E-state index in [1.807, 2.05) is 49.4 Å². The standard InChI is InChI=1S/C38H26N2O4/c1-21-16-24-14-15-33(39-34(24)30(41)17-21)42-32-20-25(19-29-28-12-6-7-13-31(28)43-36(29)32)38-40-35-26-10-4-2-8-22(26)18-23-9-3-5-11-27(23)37(35)44-38/h2-17,19-20,35,37,41H,18H2,1H3/t35-,37-/m0/s1. The number of nitrogens with zero attached hydrogens (tertiary/aromatic N) is 2. The fourth-order valence-corrected chi connectivity index (χ4v) is 6.69. The molecule has 0 unspecified atom stereocenters. The van der Waals surface area contributed by atoms with Gasteiger partial charge in [-0.05, 0) is 77.6 Å². The first-order valence-electron chi connectivity index (χ1n) is 14.7. The third-order valence-electron chi connectivity index (χ3n) is 8.69. The smallest absolute Gasteiger partial charge is 0.220 e. The van der Waals surface area contributed by atoms with Crippen LogP contribution in [-0.4, -0.2) is 16.0 Å². The Morgan fingerprint density at radius 3 is 2.45 bits per heavy atom. The molecule has 1 aliphatic heterocycles. The Kier molecular flexibility index (Phi) is 5.35. The van der Waals surface area contributed by atoms with E-state index in [1.165, 1.54) is 16.7 Å². The van der Waals surface area contributed by atoms with Crippen LogP contribution < -0.4 is 4.74 Å². The topological polar surface area (TPSA) is 77.1 Å². The lowest BCUT2D eigenvalue weighted by Gasteiger charge is -2.18. The minimum atomic E-state index is -0.236. The van der Waals surface area contributed by atoms with Gasteiger partial charge in [0, 0.05) is 27.8 Å². The third-order valence-corrected chi connectivity index (χ3v) is 8.69. The summed E-state index contributed by atoms with van der Waals surface area (Å²) >= 11 is 0. The van der Waals surface area contributed by atoms with Gasteiger partial charge in [-0.1, -0.05) is 66.7 Å². The number of para-hydroxylation sites is 1. The molecule has 0 radical (unpaired) electrons. The Hall–Kier alpha value is -5.62. The summed E-state index contributed by atoms with van der Waals surface area (Å²) in [5.74, 6) is 1.51. The van der Waals surface area contributed by atoms with Gasteiger partial charge in [-0.25, -0.2) is 9.98 Å². The number of phenols is 1. The zero-order valence-corrected chi connectivity index (χ0v) is 23.8. The van der Waals surface area contributed by atoms with E-state index >= 15 is 0 Å². The monoisotopic (exact) mass is 574 g/mol. The van der Waals surface area contributed by atoms with Gasteiger partial charge in [0.1, 0.15) is 22.9 Å².